The molecule has 9 heteroatoms. The molecular formula is C30H45N7O2. The van der Waals surface area contributed by atoms with Crippen molar-refractivity contribution in [1.82, 2.24) is 29.3 Å². The Morgan fingerprint density at radius 2 is 1.92 bits per heavy atom. The molecule has 3 aliphatic heterocycles. The molecule has 0 radical (unpaired) electrons. The second-order valence-corrected chi connectivity index (χ2v) is 12.7. The fraction of sp³-hybridized carbons (Fsp3) is 0.700. The number of carbonyl (C=O) groups excluding carboxylic acids is 1. The highest BCUT2D eigenvalue weighted by Crippen LogP contribution is 2.41. The third kappa shape index (κ3) is 5.80. The van der Waals surface area contributed by atoms with Crippen LogP contribution in [0.15, 0.2) is 24.4 Å². The number of likely N-dealkylation sites (tertiary alicyclic amines) is 1. The van der Waals surface area contributed by atoms with Crippen LogP contribution in [-0.2, 0) is 4.74 Å². The normalized spacial score (nSPS) is 27.5. The van der Waals surface area contributed by atoms with Crippen LogP contribution in [0.1, 0.15) is 81.9 Å². The summed E-state index contributed by atoms with van der Waals surface area (Å²) < 4.78 is 8.05. The number of hydrogen-bond acceptors (Lipinski definition) is 7. The lowest BCUT2D eigenvalue weighted by atomic mass is 9.97. The standard InChI is InChI=1S/C30H45N7O2/c1-20(2)26-18-31-37-28(17-27(21-7-8-21)33-29(26)37)32-22-15-23-9-10-24(16-22)36(23)30(38)39-25-11-14-35(19-25)13-6-5-12-34(3)4/h5-6,17-18,20-25,32H,7-16,19H2,1-4H3/b6-5+. The van der Waals surface area contributed by atoms with Crippen LogP contribution >= 0.6 is 0 Å². The summed E-state index contributed by atoms with van der Waals surface area (Å²) in [6.45, 7) is 8.09. The Kier molecular flexibility index (Phi) is 7.55. The van der Waals surface area contributed by atoms with E-state index in [-0.39, 0.29) is 24.3 Å². The molecule has 3 saturated heterocycles. The lowest BCUT2D eigenvalue weighted by molar-refractivity contribution is 0.0404. The molecular weight excluding hydrogens is 490 g/mol. The average molecular weight is 536 g/mol. The van der Waals surface area contributed by atoms with E-state index in [0.717, 1.165) is 69.7 Å². The number of carbonyl (C=O) groups is 1. The molecule has 0 spiro atoms. The molecule has 9 nitrogen and oxygen atoms in total. The quantitative estimate of drug-likeness (QED) is 0.475. The minimum absolute atomic E-state index is 0.00378. The Hall–Kier alpha value is -2.65. The topological polar surface area (TPSA) is 78.2 Å². The Bertz CT molecular complexity index is 1190. The van der Waals surface area contributed by atoms with Gasteiger partial charge in [0.05, 0.1) is 6.20 Å². The molecule has 39 heavy (non-hydrogen) atoms. The molecule has 2 aromatic heterocycles. The highest BCUT2D eigenvalue weighted by molar-refractivity contribution is 5.69. The van der Waals surface area contributed by atoms with Crippen LogP contribution in [0.4, 0.5) is 10.6 Å². The molecule has 0 aromatic carbocycles. The number of likely N-dealkylation sites (N-methyl/N-ethyl adjacent to an activating group) is 1. The number of rotatable bonds is 9. The molecule has 3 unspecified atom stereocenters. The largest absolute Gasteiger partial charge is 0.445 e. The second-order valence-electron chi connectivity index (χ2n) is 12.7. The number of nitrogens with zero attached hydrogens (tertiary/aromatic N) is 6. The van der Waals surface area contributed by atoms with E-state index in [2.05, 4.69) is 66.2 Å². The van der Waals surface area contributed by atoms with E-state index in [4.69, 9.17) is 14.8 Å². The summed E-state index contributed by atoms with van der Waals surface area (Å²) in [7, 11) is 4.15. The van der Waals surface area contributed by atoms with E-state index >= 15 is 0 Å². The third-order valence-electron chi connectivity index (χ3n) is 8.93. The molecule has 1 N–H and O–H groups in total. The maximum absolute atomic E-state index is 13.3. The number of ether oxygens (including phenoxy) is 1. The summed E-state index contributed by atoms with van der Waals surface area (Å²) >= 11 is 0. The first kappa shape index (κ1) is 26.6. The zero-order valence-electron chi connectivity index (χ0n) is 24.1. The summed E-state index contributed by atoms with van der Waals surface area (Å²) in [6.07, 6.45) is 13.7. The molecule has 1 amide bonds. The van der Waals surface area contributed by atoms with Gasteiger partial charge in [-0.25, -0.2) is 9.78 Å². The van der Waals surface area contributed by atoms with Crippen molar-refractivity contribution in [1.29, 1.82) is 0 Å². The highest BCUT2D eigenvalue weighted by Gasteiger charge is 2.45. The van der Waals surface area contributed by atoms with Gasteiger partial charge < -0.3 is 19.9 Å². The van der Waals surface area contributed by atoms with Gasteiger partial charge in [-0.3, -0.25) is 4.90 Å². The number of nitrogens with one attached hydrogen (secondary N) is 1. The van der Waals surface area contributed by atoms with Crippen molar-refractivity contribution in [2.75, 3.05) is 45.6 Å². The third-order valence-corrected chi connectivity index (χ3v) is 8.93. The summed E-state index contributed by atoms with van der Waals surface area (Å²) in [4.78, 5) is 24.9. The fourth-order valence-corrected chi connectivity index (χ4v) is 6.67. The van der Waals surface area contributed by atoms with E-state index in [1.54, 1.807) is 0 Å². The molecule has 4 aliphatic rings. The van der Waals surface area contributed by atoms with Gasteiger partial charge in [0.15, 0.2) is 5.65 Å². The maximum atomic E-state index is 13.3. The molecule has 2 aromatic rings. The molecule has 4 fully saturated rings. The zero-order valence-corrected chi connectivity index (χ0v) is 24.1. The van der Waals surface area contributed by atoms with Crippen molar-refractivity contribution >= 4 is 17.6 Å². The van der Waals surface area contributed by atoms with Crippen molar-refractivity contribution in [3.63, 3.8) is 0 Å². The lowest BCUT2D eigenvalue weighted by Gasteiger charge is -2.39. The molecule has 3 atom stereocenters. The summed E-state index contributed by atoms with van der Waals surface area (Å²) in [5, 5.41) is 8.55. The maximum Gasteiger partial charge on any atom is 0.410 e. The van der Waals surface area contributed by atoms with Crippen molar-refractivity contribution in [3.05, 3.63) is 35.7 Å². The molecule has 1 aliphatic carbocycles. The molecule has 1 saturated carbocycles. The van der Waals surface area contributed by atoms with E-state index in [1.807, 2.05) is 10.7 Å². The molecule has 2 bridgehead atoms. The number of anilines is 1. The first-order valence-electron chi connectivity index (χ1n) is 15.0. The number of piperidine rings is 1. The van der Waals surface area contributed by atoms with Gasteiger partial charge in [-0.05, 0) is 65.0 Å². The monoisotopic (exact) mass is 535 g/mol. The van der Waals surface area contributed by atoms with Gasteiger partial charge in [-0.2, -0.15) is 9.61 Å². The van der Waals surface area contributed by atoms with Crippen LogP contribution in [0.5, 0.6) is 0 Å². The van der Waals surface area contributed by atoms with Crippen LogP contribution < -0.4 is 5.32 Å². The number of amides is 1. The number of fused-ring (bicyclic) bond motifs is 3. The Morgan fingerprint density at radius 1 is 1.15 bits per heavy atom. The summed E-state index contributed by atoms with van der Waals surface area (Å²) in [5.41, 5.74) is 3.38. The predicted molar refractivity (Wildman–Crippen MR) is 153 cm³/mol. The van der Waals surface area contributed by atoms with Gasteiger partial charge in [-0.15, -0.1) is 0 Å². The van der Waals surface area contributed by atoms with Crippen LogP contribution in [0.25, 0.3) is 5.65 Å². The van der Waals surface area contributed by atoms with Crippen molar-refractivity contribution in [2.45, 2.75) is 94.9 Å². The average Bonchev–Trinajstić information content (AvgIpc) is 3.39. The summed E-state index contributed by atoms with van der Waals surface area (Å²) in [6, 6.07) is 3.01. The Morgan fingerprint density at radius 3 is 2.62 bits per heavy atom. The van der Waals surface area contributed by atoms with Gasteiger partial charge in [0.25, 0.3) is 0 Å². The van der Waals surface area contributed by atoms with Gasteiger partial charge >= 0.3 is 6.09 Å². The number of aromatic nitrogens is 3. The molecule has 5 heterocycles. The summed E-state index contributed by atoms with van der Waals surface area (Å²) in [5.74, 6) is 2.01. The van der Waals surface area contributed by atoms with Gasteiger partial charge in [0, 0.05) is 67.5 Å². The first-order valence-corrected chi connectivity index (χ1v) is 15.0. The van der Waals surface area contributed by atoms with Crippen LogP contribution in [0.2, 0.25) is 0 Å². The minimum atomic E-state index is -0.105. The van der Waals surface area contributed by atoms with Crippen molar-refractivity contribution in [3.8, 4) is 0 Å². The first-order chi connectivity index (χ1) is 18.9. The van der Waals surface area contributed by atoms with Gasteiger partial charge in [-0.1, -0.05) is 26.0 Å². The predicted octanol–water partition coefficient (Wildman–Crippen LogP) is 4.47. The molecule has 212 valence electrons. The number of hydrogen-bond donors (Lipinski definition) is 1. The Labute approximate surface area is 232 Å². The van der Waals surface area contributed by atoms with Crippen LogP contribution in [-0.4, -0.2) is 99.9 Å². The fourth-order valence-electron chi connectivity index (χ4n) is 6.67. The van der Waals surface area contributed by atoms with E-state index in [9.17, 15) is 4.79 Å². The SMILES string of the molecule is CC(C)c1cnn2c(NC3CC4CCC(C3)N4C(=O)OC3CCN(C/C=C/CN(C)C)C3)cc(C3CC3)nc12. The highest BCUT2D eigenvalue weighted by atomic mass is 16.6. The second kappa shape index (κ2) is 11.1. The van der Waals surface area contributed by atoms with Crippen molar-refractivity contribution in [2.24, 2.45) is 0 Å². The van der Waals surface area contributed by atoms with Crippen molar-refractivity contribution < 1.29 is 9.53 Å². The zero-order chi connectivity index (χ0) is 27.1. The van der Waals surface area contributed by atoms with E-state index in [1.165, 1.54) is 24.1 Å². The van der Waals surface area contributed by atoms with Crippen LogP contribution in [0, 0.1) is 0 Å². The Balaban J connectivity index is 1.07. The lowest BCUT2D eigenvalue weighted by Crippen LogP contribution is -2.50. The van der Waals surface area contributed by atoms with Crippen LogP contribution in [0.3, 0.4) is 0 Å². The van der Waals surface area contributed by atoms with Gasteiger partial charge in [0.2, 0.25) is 0 Å². The van der Waals surface area contributed by atoms with Gasteiger partial charge in [0.1, 0.15) is 11.9 Å². The van der Waals surface area contributed by atoms with E-state index in [0.29, 0.717) is 17.9 Å². The van der Waals surface area contributed by atoms with E-state index < -0.39 is 0 Å². The smallest absolute Gasteiger partial charge is 0.410 e. The minimum Gasteiger partial charge on any atom is -0.445 e. The molecule has 6 rings (SSSR count).